The van der Waals surface area contributed by atoms with Gasteiger partial charge in [0.05, 0.1) is 0 Å². The monoisotopic (exact) mass is 424 g/mol. The summed E-state index contributed by atoms with van der Waals surface area (Å²) in [5.41, 5.74) is 2.71. The number of hydrogen-bond donors (Lipinski definition) is 0. The molecule has 3 aromatic carbocycles. The Morgan fingerprint density at radius 1 is 0.846 bits per heavy atom. The number of hydrogen-bond acceptors (Lipinski definition) is 3. The molecule has 0 N–H and O–H groups in total. The van der Waals surface area contributed by atoms with Crippen LogP contribution in [-0.4, -0.2) is 11.7 Å². The highest BCUT2D eigenvalue weighted by atomic mass is 79.9. The smallest absolute Gasteiger partial charge is 0.225 e. The molecule has 1 aliphatic heterocycles. The van der Waals surface area contributed by atoms with Gasteiger partial charge in [-0.1, -0.05) is 76.1 Å². The van der Waals surface area contributed by atoms with Crippen LogP contribution in [0, 0.1) is 0 Å². The maximum absolute atomic E-state index is 6.21. The molecule has 3 aromatic rings. The van der Waals surface area contributed by atoms with Crippen molar-refractivity contribution in [2.45, 2.75) is 6.23 Å². The van der Waals surface area contributed by atoms with Crippen LogP contribution in [0.15, 0.2) is 93.3 Å². The zero-order valence-corrected chi connectivity index (χ0v) is 16.0. The lowest BCUT2D eigenvalue weighted by Gasteiger charge is -2.22. The first-order chi connectivity index (χ1) is 12.7. The number of aliphatic imine (C=N–C) groups is 2. The van der Waals surface area contributed by atoms with Crippen molar-refractivity contribution in [3.8, 4) is 0 Å². The second-order valence-corrected chi connectivity index (χ2v) is 7.13. The maximum atomic E-state index is 6.21. The summed E-state index contributed by atoms with van der Waals surface area (Å²) in [4.78, 5) is 9.35. The summed E-state index contributed by atoms with van der Waals surface area (Å²) in [5, 5.41) is 0.623. The van der Waals surface area contributed by atoms with Gasteiger partial charge in [0.25, 0.3) is 0 Å². The van der Waals surface area contributed by atoms with Crippen LogP contribution in [0.5, 0.6) is 0 Å². The topological polar surface area (TPSA) is 34.0 Å². The Kier molecular flexibility index (Phi) is 4.87. The molecule has 1 atom stereocenters. The van der Waals surface area contributed by atoms with Crippen LogP contribution >= 0.6 is 27.5 Å². The molecule has 0 aliphatic carbocycles. The van der Waals surface area contributed by atoms with Gasteiger partial charge in [-0.25, -0.2) is 4.99 Å². The van der Waals surface area contributed by atoms with E-state index in [0.717, 1.165) is 21.2 Å². The molecule has 128 valence electrons. The highest BCUT2D eigenvalue weighted by Gasteiger charge is 2.23. The van der Waals surface area contributed by atoms with Gasteiger partial charge >= 0.3 is 0 Å². The first-order valence-electron chi connectivity index (χ1n) is 8.09. The molecule has 0 radical (unpaired) electrons. The summed E-state index contributed by atoms with van der Waals surface area (Å²) >= 11 is 9.69. The van der Waals surface area contributed by atoms with Crippen LogP contribution in [0.3, 0.4) is 0 Å². The van der Waals surface area contributed by atoms with E-state index in [1.807, 2.05) is 78.9 Å². The van der Waals surface area contributed by atoms with Gasteiger partial charge in [0, 0.05) is 26.2 Å². The highest BCUT2D eigenvalue weighted by molar-refractivity contribution is 9.10. The van der Waals surface area contributed by atoms with Gasteiger partial charge in [-0.3, -0.25) is 0 Å². The van der Waals surface area contributed by atoms with Gasteiger partial charge in [0.2, 0.25) is 12.1 Å². The molecule has 1 heterocycles. The summed E-state index contributed by atoms with van der Waals surface area (Å²) in [6.07, 6.45) is -0.520. The van der Waals surface area contributed by atoms with Crippen molar-refractivity contribution in [3.05, 3.63) is 105 Å². The predicted octanol–water partition coefficient (Wildman–Crippen LogP) is 6.02. The van der Waals surface area contributed by atoms with Gasteiger partial charge in [-0.05, 0) is 30.3 Å². The number of benzene rings is 3. The molecule has 0 spiro atoms. The van der Waals surface area contributed by atoms with Crippen LogP contribution in [0.1, 0.15) is 22.9 Å². The van der Waals surface area contributed by atoms with Crippen molar-refractivity contribution < 1.29 is 4.74 Å². The Morgan fingerprint density at radius 3 is 2.15 bits per heavy atom. The van der Waals surface area contributed by atoms with Crippen LogP contribution in [0.2, 0.25) is 5.02 Å². The third-order valence-electron chi connectivity index (χ3n) is 3.89. The lowest BCUT2D eigenvalue weighted by Crippen LogP contribution is -2.20. The number of amidine groups is 1. The minimum absolute atomic E-state index is 0.520. The average Bonchev–Trinajstić information content (AvgIpc) is 2.68. The zero-order chi connectivity index (χ0) is 17.9. The van der Waals surface area contributed by atoms with Crippen molar-refractivity contribution in [2.75, 3.05) is 0 Å². The number of halogens is 2. The molecule has 0 amide bonds. The van der Waals surface area contributed by atoms with Crippen molar-refractivity contribution in [1.29, 1.82) is 0 Å². The molecule has 0 saturated heterocycles. The predicted molar refractivity (Wildman–Crippen MR) is 109 cm³/mol. The largest absolute Gasteiger partial charge is 0.447 e. The molecule has 26 heavy (non-hydrogen) atoms. The first-order valence-corrected chi connectivity index (χ1v) is 9.26. The lowest BCUT2D eigenvalue weighted by atomic mass is 10.1. The highest BCUT2D eigenvalue weighted by Crippen LogP contribution is 2.30. The summed E-state index contributed by atoms with van der Waals surface area (Å²) in [6, 6.07) is 25.3. The van der Waals surface area contributed by atoms with Crippen LogP contribution in [0.4, 0.5) is 0 Å². The second-order valence-electron chi connectivity index (χ2n) is 5.77. The molecular weight excluding hydrogens is 412 g/mol. The van der Waals surface area contributed by atoms with E-state index in [-0.39, 0.29) is 0 Å². The minimum atomic E-state index is -0.520. The molecule has 5 heteroatoms. The number of nitrogens with zero attached hydrogens (tertiary/aromatic N) is 2. The van der Waals surface area contributed by atoms with Crippen molar-refractivity contribution in [1.82, 2.24) is 0 Å². The van der Waals surface area contributed by atoms with E-state index in [0.29, 0.717) is 16.8 Å². The van der Waals surface area contributed by atoms with E-state index in [1.54, 1.807) is 0 Å². The Labute approximate surface area is 165 Å². The molecule has 0 saturated carbocycles. The quantitative estimate of drug-likeness (QED) is 0.505. The van der Waals surface area contributed by atoms with E-state index in [9.17, 15) is 0 Å². The molecule has 3 nitrogen and oxygen atoms in total. The molecule has 0 aromatic heterocycles. The average molecular weight is 426 g/mol. The summed E-state index contributed by atoms with van der Waals surface area (Å²) in [6.45, 7) is 0. The summed E-state index contributed by atoms with van der Waals surface area (Å²) in [7, 11) is 0. The molecule has 0 bridgehead atoms. The second kappa shape index (κ2) is 7.44. The van der Waals surface area contributed by atoms with Gasteiger partial charge in [0.1, 0.15) is 0 Å². The number of rotatable bonds is 3. The van der Waals surface area contributed by atoms with E-state index in [4.69, 9.17) is 21.3 Å². The zero-order valence-electron chi connectivity index (χ0n) is 13.6. The SMILES string of the molecule is Clc1cc(Br)cc(C2N=C(c3ccccc3)N=C(c3ccccc3)O2)c1. The molecule has 1 unspecified atom stereocenters. The summed E-state index contributed by atoms with van der Waals surface area (Å²) < 4.78 is 6.98. The Morgan fingerprint density at radius 2 is 1.50 bits per heavy atom. The Hall–Kier alpha value is -2.43. The van der Waals surface area contributed by atoms with E-state index in [2.05, 4.69) is 20.9 Å². The van der Waals surface area contributed by atoms with Crippen LogP contribution < -0.4 is 0 Å². The molecular formula is C21H14BrClN2O. The van der Waals surface area contributed by atoms with Crippen molar-refractivity contribution >= 4 is 39.3 Å². The van der Waals surface area contributed by atoms with Gasteiger partial charge in [0.15, 0.2) is 5.84 Å². The number of ether oxygens (including phenoxy) is 1. The lowest BCUT2D eigenvalue weighted by molar-refractivity contribution is 0.199. The van der Waals surface area contributed by atoms with Gasteiger partial charge < -0.3 is 4.74 Å². The standard InChI is InChI=1S/C21H14BrClN2O/c22-17-11-16(12-18(23)13-17)21-25-19(14-7-3-1-4-8-14)24-20(26-21)15-9-5-2-6-10-15/h1-13,21H. The maximum Gasteiger partial charge on any atom is 0.225 e. The third-order valence-corrected chi connectivity index (χ3v) is 4.57. The fourth-order valence-corrected chi connectivity index (χ4v) is 3.58. The normalized spacial score (nSPS) is 16.5. The van der Waals surface area contributed by atoms with Crippen LogP contribution in [0.25, 0.3) is 0 Å². The molecule has 1 aliphatic rings. The molecule has 0 fully saturated rings. The van der Waals surface area contributed by atoms with E-state index < -0.39 is 6.23 Å². The molecule has 4 rings (SSSR count). The minimum Gasteiger partial charge on any atom is -0.447 e. The van der Waals surface area contributed by atoms with Crippen molar-refractivity contribution in [3.63, 3.8) is 0 Å². The fraction of sp³-hybridized carbons (Fsp3) is 0.0476. The van der Waals surface area contributed by atoms with E-state index in [1.165, 1.54) is 0 Å². The third kappa shape index (κ3) is 3.71. The fourth-order valence-electron chi connectivity index (χ4n) is 2.69. The Bertz CT molecular complexity index is 967. The van der Waals surface area contributed by atoms with Gasteiger partial charge in [-0.15, -0.1) is 0 Å². The van der Waals surface area contributed by atoms with Crippen LogP contribution in [-0.2, 0) is 4.74 Å². The summed E-state index contributed by atoms with van der Waals surface area (Å²) in [5.74, 6) is 1.18. The van der Waals surface area contributed by atoms with E-state index >= 15 is 0 Å². The first kappa shape index (κ1) is 17.0. The van der Waals surface area contributed by atoms with Crippen molar-refractivity contribution in [2.24, 2.45) is 9.98 Å². The Balaban J connectivity index is 1.81. The van der Waals surface area contributed by atoms with Gasteiger partial charge in [-0.2, -0.15) is 4.99 Å².